The van der Waals surface area contributed by atoms with Crippen LogP contribution in [-0.4, -0.2) is 38.1 Å². The topological polar surface area (TPSA) is 70.7 Å². The number of methoxy groups -OCH3 is 1. The van der Waals surface area contributed by atoms with Crippen molar-refractivity contribution >= 4 is 17.5 Å². The minimum atomic E-state index is -0.662. The maximum absolute atomic E-state index is 13.9. The summed E-state index contributed by atoms with van der Waals surface area (Å²) in [5.41, 5.74) is 2.34. The molecule has 1 heterocycles. The number of nitrogens with one attached hydrogen (secondary N) is 2. The van der Waals surface area contributed by atoms with E-state index in [1.807, 2.05) is 24.3 Å². The SMILES string of the molecule is CN[C@@H](C)C(=O)NC1CCc2ccccc2N(Cc2cc(F)ccc2OC)C1=O. The van der Waals surface area contributed by atoms with E-state index in [1.165, 1.54) is 19.2 Å². The zero-order chi connectivity index (χ0) is 21.0. The third-order valence-electron chi connectivity index (χ3n) is 5.26. The number of hydrogen-bond donors (Lipinski definition) is 2. The summed E-state index contributed by atoms with van der Waals surface area (Å²) in [5.74, 6) is -0.354. The molecule has 0 aromatic heterocycles. The van der Waals surface area contributed by atoms with E-state index < -0.39 is 17.9 Å². The van der Waals surface area contributed by atoms with Crippen molar-refractivity contribution in [1.29, 1.82) is 0 Å². The lowest BCUT2D eigenvalue weighted by Gasteiger charge is -2.27. The smallest absolute Gasteiger partial charge is 0.249 e. The highest BCUT2D eigenvalue weighted by Gasteiger charge is 2.32. The molecule has 0 radical (unpaired) electrons. The maximum atomic E-state index is 13.9. The minimum Gasteiger partial charge on any atom is -0.496 e. The molecule has 7 heteroatoms. The van der Waals surface area contributed by atoms with Crippen molar-refractivity contribution < 1.29 is 18.7 Å². The number of nitrogens with zero attached hydrogens (tertiary/aromatic N) is 1. The van der Waals surface area contributed by atoms with Crippen LogP contribution in [0.5, 0.6) is 5.75 Å². The summed E-state index contributed by atoms with van der Waals surface area (Å²) in [6.07, 6.45) is 1.15. The van der Waals surface area contributed by atoms with Gasteiger partial charge in [-0.3, -0.25) is 9.59 Å². The summed E-state index contributed by atoms with van der Waals surface area (Å²) in [7, 11) is 3.20. The number of benzene rings is 2. The van der Waals surface area contributed by atoms with Gasteiger partial charge in [0.1, 0.15) is 17.6 Å². The lowest BCUT2D eigenvalue weighted by molar-refractivity contribution is -0.128. The third kappa shape index (κ3) is 4.56. The summed E-state index contributed by atoms with van der Waals surface area (Å²) in [5, 5.41) is 5.73. The average molecular weight is 399 g/mol. The van der Waals surface area contributed by atoms with Crippen molar-refractivity contribution in [1.82, 2.24) is 10.6 Å². The fourth-order valence-electron chi connectivity index (χ4n) is 3.48. The zero-order valence-electron chi connectivity index (χ0n) is 16.9. The number of ether oxygens (including phenoxy) is 1. The molecule has 0 aliphatic carbocycles. The second kappa shape index (κ2) is 9.05. The van der Waals surface area contributed by atoms with Crippen molar-refractivity contribution in [2.45, 2.75) is 38.4 Å². The Kier molecular flexibility index (Phi) is 6.49. The van der Waals surface area contributed by atoms with Crippen molar-refractivity contribution in [3.8, 4) is 5.75 Å². The lowest BCUT2D eigenvalue weighted by atomic mass is 10.1. The van der Waals surface area contributed by atoms with Crippen molar-refractivity contribution in [3.63, 3.8) is 0 Å². The molecule has 6 nitrogen and oxygen atoms in total. The second-order valence-electron chi connectivity index (χ2n) is 7.12. The molecule has 0 saturated carbocycles. The summed E-state index contributed by atoms with van der Waals surface area (Å²) in [6, 6.07) is 10.8. The Morgan fingerprint density at radius 3 is 2.79 bits per heavy atom. The molecule has 1 aliphatic heterocycles. The van der Waals surface area contributed by atoms with E-state index in [-0.39, 0.29) is 18.4 Å². The fraction of sp³-hybridized carbons (Fsp3) is 0.364. The van der Waals surface area contributed by atoms with Gasteiger partial charge in [0, 0.05) is 11.3 Å². The van der Waals surface area contributed by atoms with Gasteiger partial charge in [-0.25, -0.2) is 4.39 Å². The van der Waals surface area contributed by atoms with Crippen LogP contribution in [0.15, 0.2) is 42.5 Å². The standard InChI is InChI=1S/C22H26FN3O3/c1-14(24-2)21(27)25-18-10-8-15-6-4-5-7-19(15)26(22(18)28)13-16-12-17(23)9-11-20(16)29-3/h4-7,9,11-12,14,18,24H,8,10,13H2,1-3H3,(H,25,27)/t14-,18?/m0/s1. The highest BCUT2D eigenvalue weighted by Crippen LogP contribution is 2.30. The molecule has 29 heavy (non-hydrogen) atoms. The fourth-order valence-corrected chi connectivity index (χ4v) is 3.48. The van der Waals surface area contributed by atoms with Crippen molar-refractivity contribution in [3.05, 3.63) is 59.4 Å². The van der Waals surface area contributed by atoms with Crippen LogP contribution in [0.4, 0.5) is 10.1 Å². The van der Waals surface area contributed by atoms with Gasteiger partial charge in [0.25, 0.3) is 0 Å². The predicted molar refractivity (Wildman–Crippen MR) is 109 cm³/mol. The molecule has 0 saturated heterocycles. The minimum absolute atomic E-state index is 0.144. The Labute approximate surface area is 170 Å². The summed E-state index contributed by atoms with van der Waals surface area (Å²) in [4.78, 5) is 27.4. The molecule has 0 spiro atoms. The van der Waals surface area contributed by atoms with Crippen LogP contribution in [0.3, 0.4) is 0 Å². The highest BCUT2D eigenvalue weighted by molar-refractivity contribution is 6.00. The number of para-hydroxylation sites is 1. The Bertz CT molecular complexity index is 903. The first-order valence-corrected chi connectivity index (χ1v) is 9.64. The van der Waals surface area contributed by atoms with Gasteiger partial charge in [-0.1, -0.05) is 18.2 Å². The molecule has 2 aromatic rings. The number of carbonyl (C=O) groups is 2. The van der Waals surface area contributed by atoms with E-state index in [0.717, 1.165) is 11.3 Å². The Balaban J connectivity index is 1.96. The van der Waals surface area contributed by atoms with Gasteiger partial charge >= 0.3 is 0 Å². The number of rotatable bonds is 6. The first-order valence-electron chi connectivity index (χ1n) is 9.64. The number of amides is 2. The number of aryl methyl sites for hydroxylation is 1. The van der Waals surface area contributed by atoms with Gasteiger partial charge in [0.05, 0.1) is 19.7 Å². The molecule has 2 amide bonds. The molecular formula is C22H26FN3O3. The van der Waals surface area contributed by atoms with Crippen LogP contribution in [0.25, 0.3) is 0 Å². The van der Waals surface area contributed by atoms with Gasteiger partial charge in [-0.2, -0.15) is 0 Å². The average Bonchev–Trinajstić information content (AvgIpc) is 2.85. The lowest BCUT2D eigenvalue weighted by Crippen LogP contribution is -2.52. The number of likely N-dealkylation sites (N-methyl/N-ethyl adjacent to an activating group) is 1. The van der Waals surface area contributed by atoms with E-state index in [4.69, 9.17) is 4.74 Å². The van der Waals surface area contributed by atoms with Crippen LogP contribution < -0.4 is 20.3 Å². The first-order chi connectivity index (χ1) is 13.9. The largest absolute Gasteiger partial charge is 0.496 e. The Hall–Kier alpha value is -2.93. The number of halogens is 1. The zero-order valence-corrected chi connectivity index (χ0v) is 16.9. The van der Waals surface area contributed by atoms with Gasteiger partial charge in [-0.15, -0.1) is 0 Å². The quantitative estimate of drug-likeness (QED) is 0.783. The Morgan fingerprint density at radius 2 is 2.07 bits per heavy atom. The summed E-state index contributed by atoms with van der Waals surface area (Å²) in [6.45, 7) is 1.88. The van der Waals surface area contributed by atoms with Crippen molar-refractivity contribution in [2.24, 2.45) is 0 Å². The molecule has 1 aliphatic rings. The van der Waals surface area contributed by atoms with Gasteiger partial charge in [-0.05, 0) is 56.6 Å². The predicted octanol–water partition coefficient (Wildman–Crippen LogP) is 2.41. The van der Waals surface area contributed by atoms with E-state index in [1.54, 1.807) is 24.9 Å². The molecule has 0 fully saturated rings. The summed E-state index contributed by atoms with van der Waals surface area (Å²) >= 11 is 0. The van der Waals surface area contributed by atoms with E-state index in [9.17, 15) is 14.0 Å². The molecule has 3 rings (SSSR count). The normalized spacial score (nSPS) is 17.3. The van der Waals surface area contributed by atoms with E-state index >= 15 is 0 Å². The molecule has 0 bridgehead atoms. The van der Waals surface area contributed by atoms with E-state index in [2.05, 4.69) is 10.6 Å². The van der Waals surface area contributed by atoms with Crippen LogP contribution in [0.2, 0.25) is 0 Å². The van der Waals surface area contributed by atoms with Crippen LogP contribution in [0.1, 0.15) is 24.5 Å². The molecular weight excluding hydrogens is 373 g/mol. The van der Waals surface area contributed by atoms with Crippen LogP contribution in [0, 0.1) is 5.82 Å². The number of carbonyl (C=O) groups excluding carboxylic acids is 2. The Morgan fingerprint density at radius 1 is 1.31 bits per heavy atom. The molecule has 2 aromatic carbocycles. The van der Waals surface area contributed by atoms with Crippen LogP contribution in [-0.2, 0) is 22.6 Å². The first kappa shape index (κ1) is 20.8. The second-order valence-corrected chi connectivity index (χ2v) is 7.12. The number of anilines is 1. The maximum Gasteiger partial charge on any atom is 0.249 e. The number of hydrogen-bond acceptors (Lipinski definition) is 4. The van der Waals surface area contributed by atoms with Crippen molar-refractivity contribution in [2.75, 3.05) is 19.1 Å². The van der Waals surface area contributed by atoms with Gasteiger partial charge in [0.2, 0.25) is 11.8 Å². The summed E-state index contributed by atoms with van der Waals surface area (Å²) < 4.78 is 19.2. The van der Waals surface area contributed by atoms with E-state index in [0.29, 0.717) is 24.2 Å². The molecule has 154 valence electrons. The van der Waals surface area contributed by atoms with Gasteiger partial charge in [0.15, 0.2) is 0 Å². The third-order valence-corrected chi connectivity index (χ3v) is 5.26. The van der Waals surface area contributed by atoms with Crippen LogP contribution >= 0.6 is 0 Å². The number of fused-ring (bicyclic) bond motifs is 1. The highest BCUT2D eigenvalue weighted by atomic mass is 19.1. The molecule has 2 atom stereocenters. The monoisotopic (exact) mass is 399 g/mol. The van der Waals surface area contributed by atoms with Gasteiger partial charge < -0.3 is 20.3 Å². The molecule has 2 N–H and O–H groups in total. The molecule has 1 unspecified atom stereocenters.